The van der Waals surface area contributed by atoms with E-state index in [9.17, 15) is 19.5 Å². The third kappa shape index (κ3) is 9.01. The first-order valence-electron chi connectivity index (χ1n) is 15.3. The summed E-state index contributed by atoms with van der Waals surface area (Å²) >= 11 is 0. The SMILES string of the molecule is CCOC(=O)CNC(=O)Nc1cccc([C@H]2O[C@@H](CN3CCC[C@H]3C(=O)OC(C)(C)C)[C@@H](C)[C@@H](c3ccc(CO)cc3)O2)c1. The predicted molar refractivity (Wildman–Crippen MR) is 164 cm³/mol. The molecule has 0 aliphatic carbocycles. The minimum absolute atomic E-state index is 0.0517. The van der Waals surface area contributed by atoms with E-state index in [1.807, 2.05) is 51.1 Å². The molecule has 2 aromatic rings. The highest BCUT2D eigenvalue weighted by Crippen LogP contribution is 2.42. The number of aliphatic hydroxyl groups excluding tert-OH is 1. The van der Waals surface area contributed by atoms with Gasteiger partial charge in [-0.15, -0.1) is 0 Å². The Kier molecular flexibility index (Phi) is 11.4. The molecular formula is C33H45N3O8. The molecule has 0 spiro atoms. The van der Waals surface area contributed by atoms with Crippen molar-refractivity contribution in [3.8, 4) is 0 Å². The number of likely N-dealkylation sites (tertiary alicyclic amines) is 1. The zero-order valence-corrected chi connectivity index (χ0v) is 26.2. The fourth-order valence-electron chi connectivity index (χ4n) is 5.54. The lowest BCUT2D eigenvalue weighted by Crippen LogP contribution is -2.48. The lowest BCUT2D eigenvalue weighted by Gasteiger charge is -2.43. The maximum atomic E-state index is 13.1. The quantitative estimate of drug-likeness (QED) is 0.333. The number of urea groups is 1. The highest BCUT2D eigenvalue weighted by Gasteiger charge is 2.42. The van der Waals surface area contributed by atoms with E-state index in [1.165, 1.54) is 0 Å². The van der Waals surface area contributed by atoms with Crippen LogP contribution in [0.5, 0.6) is 0 Å². The molecule has 11 nitrogen and oxygen atoms in total. The number of carbonyl (C=O) groups is 3. The number of nitrogens with zero attached hydrogens (tertiary/aromatic N) is 1. The average molecular weight is 612 g/mol. The molecule has 2 amide bonds. The molecular weight excluding hydrogens is 566 g/mol. The lowest BCUT2D eigenvalue weighted by molar-refractivity contribution is -0.276. The van der Waals surface area contributed by atoms with Gasteiger partial charge in [0.25, 0.3) is 0 Å². The van der Waals surface area contributed by atoms with E-state index >= 15 is 0 Å². The summed E-state index contributed by atoms with van der Waals surface area (Å²) in [5.74, 6) is -0.811. The van der Waals surface area contributed by atoms with Crippen molar-refractivity contribution in [2.45, 2.75) is 84.2 Å². The normalized spacial score (nSPS) is 24.0. The minimum atomic E-state index is -0.759. The van der Waals surface area contributed by atoms with E-state index in [-0.39, 0.29) is 49.9 Å². The number of hydrogen-bond donors (Lipinski definition) is 3. The summed E-state index contributed by atoms with van der Waals surface area (Å²) in [5, 5.41) is 14.8. The van der Waals surface area contributed by atoms with Crippen LogP contribution in [0.2, 0.25) is 0 Å². The summed E-state index contributed by atoms with van der Waals surface area (Å²) in [6, 6.07) is 13.9. The van der Waals surface area contributed by atoms with Gasteiger partial charge >= 0.3 is 18.0 Å². The van der Waals surface area contributed by atoms with Crippen LogP contribution in [0.25, 0.3) is 0 Å². The van der Waals surface area contributed by atoms with Gasteiger partial charge in [0.1, 0.15) is 18.2 Å². The van der Waals surface area contributed by atoms with Crippen LogP contribution in [0, 0.1) is 5.92 Å². The summed E-state index contributed by atoms with van der Waals surface area (Å²) < 4.78 is 23.7. The van der Waals surface area contributed by atoms with Crippen molar-refractivity contribution in [3.05, 3.63) is 65.2 Å². The molecule has 0 radical (unpaired) electrons. The van der Waals surface area contributed by atoms with E-state index in [4.69, 9.17) is 18.9 Å². The Morgan fingerprint density at radius 1 is 1.07 bits per heavy atom. The van der Waals surface area contributed by atoms with E-state index in [2.05, 4.69) is 22.5 Å². The second-order valence-corrected chi connectivity index (χ2v) is 12.2. The molecule has 11 heteroatoms. The molecule has 3 N–H and O–H groups in total. The predicted octanol–water partition coefficient (Wildman–Crippen LogP) is 4.46. The van der Waals surface area contributed by atoms with Crippen molar-refractivity contribution in [2.24, 2.45) is 5.92 Å². The Balaban J connectivity index is 1.54. The van der Waals surface area contributed by atoms with Crippen LogP contribution in [0.3, 0.4) is 0 Å². The van der Waals surface area contributed by atoms with Gasteiger partial charge in [-0.05, 0) is 70.3 Å². The van der Waals surface area contributed by atoms with Gasteiger partial charge < -0.3 is 34.7 Å². The molecule has 0 saturated carbocycles. The van der Waals surface area contributed by atoms with Gasteiger partial charge in [0.2, 0.25) is 0 Å². The van der Waals surface area contributed by atoms with Crippen molar-refractivity contribution >= 4 is 23.7 Å². The van der Waals surface area contributed by atoms with Gasteiger partial charge in [0, 0.05) is 23.7 Å². The highest BCUT2D eigenvalue weighted by atomic mass is 16.7. The Hall–Kier alpha value is -3.51. The molecule has 240 valence electrons. The number of amides is 2. The van der Waals surface area contributed by atoms with Crippen LogP contribution in [-0.4, -0.2) is 72.0 Å². The van der Waals surface area contributed by atoms with Gasteiger partial charge in [-0.25, -0.2) is 4.79 Å². The van der Waals surface area contributed by atoms with E-state index in [1.54, 1.807) is 25.1 Å². The fourth-order valence-corrected chi connectivity index (χ4v) is 5.54. The zero-order valence-electron chi connectivity index (χ0n) is 26.2. The van der Waals surface area contributed by atoms with Crippen LogP contribution >= 0.6 is 0 Å². The molecule has 2 aliphatic heterocycles. The number of nitrogens with one attached hydrogen (secondary N) is 2. The minimum Gasteiger partial charge on any atom is -0.465 e. The molecule has 2 aromatic carbocycles. The molecule has 0 aromatic heterocycles. The van der Waals surface area contributed by atoms with Gasteiger partial charge in [-0.1, -0.05) is 43.3 Å². The number of esters is 2. The molecule has 0 unspecified atom stereocenters. The van der Waals surface area contributed by atoms with Crippen LogP contribution in [0.15, 0.2) is 48.5 Å². The summed E-state index contributed by atoms with van der Waals surface area (Å²) in [5.41, 5.74) is 2.39. The molecule has 5 atom stereocenters. The van der Waals surface area contributed by atoms with E-state index < -0.39 is 23.9 Å². The largest absolute Gasteiger partial charge is 0.465 e. The van der Waals surface area contributed by atoms with Crippen molar-refractivity contribution in [3.63, 3.8) is 0 Å². The summed E-state index contributed by atoms with van der Waals surface area (Å²) in [7, 11) is 0. The zero-order chi connectivity index (χ0) is 31.9. The molecule has 2 aliphatic rings. The number of aliphatic hydroxyl groups is 1. The van der Waals surface area contributed by atoms with Gasteiger partial charge in [-0.3, -0.25) is 14.5 Å². The van der Waals surface area contributed by atoms with Crippen LogP contribution in [0.1, 0.15) is 76.5 Å². The van der Waals surface area contributed by atoms with E-state index in [0.717, 1.165) is 30.5 Å². The Bertz CT molecular complexity index is 1280. The number of rotatable bonds is 10. The van der Waals surface area contributed by atoms with Crippen LogP contribution in [-0.2, 0) is 35.1 Å². The number of benzene rings is 2. The second kappa shape index (κ2) is 15.0. The Labute approximate surface area is 259 Å². The molecule has 2 heterocycles. The second-order valence-electron chi connectivity index (χ2n) is 12.2. The summed E-state index contributed by atoms with van der Waals surface area (Å²) in [6.07, 6.45) is 0.240. The topological polar surface area (TPSA) is 136 Å². The molecule has 0 bridgehead atoms. The number of carbonyl (C=O) groups excluding carboxylic acids is 3. The number of anilines is 1. The third-order valence-electron chi connectivity index (χ3n) is 7.70. The first kappa shape index (κ1) is 33.4. The number of ether oxygens (including phenoxy) is 4. The monoisotopic (exact) mass is 611 g/mol. The van der Waals surface area contributed by atoms with Crippen molar-refractivity contribution in [1.29, 1.82) is 0 Å². The maximum absolute atomic E-state index is 13.1. The lowest BCUT2D eigenvalue weighted by atomic mass is 9.90. The average Bonchev–Trinajstić information content (AvgIpc) is 3.45. The first-order chi connectivity index (χ1) is 21.0. The standard InChI is InChI=1S/C33H45N3O8/c1-6-41-28(38)18-34-32(40)35-25-10-7-9-24(17-25)31-42-27(19-36-16-8-11-26(36)30(39)44-33(3,4)5)21(2)29(43-31)23-14-12-22(20-37)13-15-23/h7,9-10,12-15,17,21,26-27,29,31,37H,6,8,11,16,18-20H2,1-5H3,(H2,34,35,40)/t21-,26+,27+,29+,31+/m1/s1. The van der Waals surface area contributed by atoms with Gasteiger partial charge in [0.15, 0.2) is 6.29 Å². The first-order valence-corrected chi connectivity index (χ1v) is 15.3. The Morgan fingerprint density at radius 3 is 2.50 bits per heavy atom. The molecule has 2 saturated heterocycles. The maximum Gasteiger partial charge on any atom is 0.325 e. The molecule has 4 rings (SSSR count). The van der Waals surface area contributed by atoms with Gasteiger partial charge in [0.05, 0.1) is 25.4 Å². The fraction of sp³-hybridized carbons (Fsp3) is 0.545. The van der Waals surface area contributed by atoms with Crippen LogP contribution < -0.4 is 10.6 Å². The summed E-state index contributed by atoms with van der Waals surface area (Å²) in [6.45, 7) is 10.6. The number of hydrogen-bond acceptors (Lipinski definition) is 9. The van der Waals surface area contributed by atoms with Crippen molar-refractivity contribution in [1.82, 2.24) is 10.2 Å². The van der Waals surface area contributed by atoms with Crippen LogP contribution in [0.4, 0.5) is 10.5 Å². The molecule has 2 fully saturated rings. The smallest absolute Gasteiger partial charge is 0.325 e. The van der Waals surface area contributed by atoms with E-state index in [0.29, 0.717) is 17.8 Å². The van der Waals surface area contributed by atoms with Crippen molar-refractivity contribution < 1.29 is 38.4 Å². The summed E-state index contributed by atoms with van der Waals surface area (Å²) in [4.78, 5) is 39.2. The third-order valence-corrected chi connectivity index (χ3v) is 7.70. The Morgan fingerprint density at radius 2 is 1.82 bits per heavy atom. The van der Waals surface area contributed by atoms with Gasteiger partial charge in [-0.2, -0.15) is 0 Å². The highest BCUT2D eigenvalue weighted by molar-refractivity contribution is 5.91. The van der Waals surface area contributed by atoms with Crippen molar-refractivity contribution in [2.75, 3.05) is 31.6 Å². The molecule has 44 heavy (non-hydrogen) atoms.